The molecule has 1 aliphatic rings. The lowest BCUT2D eigenvalue weighted by Crippen LogP contribution is -2.26. The van der Waals surface area contributed by atoms with Gasteiger partial charge in [-0.1, -0.05) is 25.1 Å². The molecule has 7 heteroatoms. The molecule has 0 bridgehead atoms. The van der Waals surface area contributed by atoms with E-state index >= 15 is 0 Å². The van der Waals surface area contributed by atoms with Crippen molar-refractivity contribution in [3.05, 3.63) is 53.7 Å². The molecule has 0 amide bonds. The van der Waals surface area contributed by atoms with Gasteiger partial charge in [-0.25, -0.2) is 4.98 Å². The van der Waals surface area contributed by atoms with E-state index in [0.717, 1.165) is 43.1 Å². The van der Waals surface area contributed by atoms with Crippen molar-refractivity contribution in [2.24, 2.45) is 15.7 Å². The molecule has 7 nitrogen and oxygen atoms in total. The summed E-state index contributed by atoms with van der Waals surface area (Å²) in [6, 6.07) is 12.3. The summed E-state index contributed by atoms with van der Waals surface area (Å²) in [6.45, 7) is 4.50. The lowest BCUT2D eigenvalue weighted by Gasteiger charge is -2.08. The predicted octanol–water partition coefficient (Wildman–Crippen LogP) is 2.18. The highest BCUT2D eigenvalue weighted by Gasteiger charge is 2.05. The van der Waals surface area contributed by atoms with Crippen LogP contribution in [0.25, 0.3) is 0 Å². The average Bonchev–Trinajstić information content (AvgIpc) is 3.16. The maximum absolute atomic E-state index is 5.81. The smallest absolute Gasteiger partial charge is 0.195 e. The molecular weight excluding hydrogens is 326 g/mol. The van der Waals surface area contributed by atoms with Crippen LogP contribution in [0.4, 0.5) is 11.5 Å². The van der Waals surface area contributed by atoms with Gasteiger partial charge in [0, 0.05) is 25.0 Å². The maximum atomic E-state index is 5.81. The Morgan fingerprint density at radius 1 is 1.19 bits per heavy atom. The largest absolute Gasteiger partial charge is 0.370 e. The standard InChI is InChI=1S/C19H25N7/c1-2-9-21-18(20)26-17-8-5-15(13-24-17)12-14-3-6-16(7-4-14)25-19-22-10-11-23-19/h3-8,13H,2,9-12H2,1H3,(H2,22,23,25)(H3,20,21,24,26). The van der Waals surface area contributed by atoms with Gasteiger partial charge in [-0.05, 0) is 42.2 Å². The topological polar surface area (TPSA) is 99.7 Å². The summed E-state index contributed by atoms with van der Waals surface area (Å²) in [4.78, 5) is 12.9. The van der Waals surface area contributed by atoms with Crippen molar-refractivity contribution in [2.45, 2.75) is 19.8 Å². The molecule has 1 aliphatic heterocycles. The molecule has 0 saturated heterocycles. The summed E-state index contributed by atoms with van der Waals surface area (Å²) >= 11 is 0. The van der Waals surface area contributed by atoms with Gasteiger partial charge in [0.05, 0.1) is 6.54 Å². The summed E-state index contributed by atoms with van der Waals surface area (Å²) in [5.41, 5.74) is 9.20. The zero-order chi connectivity index (χ0) is 18.2. The van der Waals surface area contributed by atoms with E-state index < -0.39 is 0 Å². The van der Waals surface area contributed by atoms with Crippen LogP contribution in [0.1, 0.15) is 24.5 Å². The van der Waals surface area contributed by atoms with Crippen LogP contribution in [0.2, 0.25) is 0 Å². The summed E-state index contributed by atoms with van der Waals surface area (Å²) < 4.78 is 0. The molecule has 3 rings (SSSR count). The van der Waals surface area contributed by atoms with Gasteiger partial charge in [0.1, 0.15) is 5.82 Å². The molecule has 2 heterocycles. The third kappa shape index (κ3) is 5.20. The number of rotatable bonds is 6. The molecule has 136 valence electrons. The summed E-state index contributed by atoms with van der Waals surface area (Å²) in [6.07, 6.45) is 3.65. The first kappa shape index (κ1) is 17.7. The second-order valence-corrected chi connectivity index (χ2v) is 6.10. The fraction of sp³-hybridized carbons (Fsp3) is 0.316. The number of aliphatic imine (C=N–C) groups is 2. The van der Waals surface area contributed by atoms with Gasteiger partial charge in [-0.3, -0.25) is 9.98 Å². The van der Waals surface area contributed by atoms with E-state index in [-0.39, 0.29) is 0 Å². The van der Waals surface area contributed by atoms with Crippen molar-refractivity contribution in [3.8, 4) is 0 Å². The fourth-order valence-electron chi connectivity index (χ4n) is 2.57. The number of hydrogen-bond donors (Lipinski definition) is 4. The second kappa shape index (κ2) is 8.84. The minimum absolute atomic E-state index is 0.400. The van der Waals surface area contributed by atoms with Gasteiger partial charge >= 0.3 is 0 Å². The third-order valence-electron chi connectivity index (χ3n) is 3.89. The van der Waals surface area contributed by atoms with Gasteiger partial charge in [-0.2, -0.15) is 0 Å². The van der Waals surface area contributed by atoms with Crippen molar-refractivity contribution < 1.29 is 0 Å². The van der Waals surface area contributed by atoms with Gasteiger partial charge < -0.3 is 21.7 Å². The summed E-state index contributed by atoms with van der Waals surface area (Å²) in [5.74, 6) is 1.94. The fourth-order valence-corrected chi connectivity index (χ4v) is 2.57. The lowest BCUT2D eigenvalue weighted by molar-refractivity contribution is 0.929. The second-order valence-electron chi connectivity index (χ2n) is 6.10. The van der Waals surface area contributed by atoms with Crippen molar-refractivity contribution in [1.82, 2.24) is 10.3 Å². The monoisotopic (exact) mass is 351 g/mol. The predicted molar refractivity (Wildman–Crippen MR) is 108 cm³/mol. The molecule has 0 fully saturated rings. The van der Waals surface area contributed by atoms with Crippen molar-refractivity contribution >= 4 is 23.4 Å². The molecule has 26 heavy (non-hydrogen) atoms. The van der Waals surface area contributed by atoms with E-state index in [9.17, 15) is 0 Å². The highest BCUT2D eigenvalue weighted by molar-refractivity contribution is 5.94. The van der Waals surface area contributed by atoms with Crippen LogP contribution in [-0.2, 0) is 6.42 Å². The first-order valence-corrected chi connectivity index (χ1v) is 8.89. The first-order valence-electron chi connectivity index (χ1n) is 8.89. The minimum Gasteiger partial charge on any atom is -0.370 e. The first-order chi connectivity index (χ1) is 12.7. The molecule has 0 radical (unpaired) electrons. The molecule has 1 aromatic carbocycles. The van der Waals surface area contributed by atoms with E-state index in [4.69, 9.17) is 5.73 Å². The molecule has 0 spiro atoms. The third-order valence-corrected chi connectivity index (χ3v) is 3.89. The molecule has 5 N–H and O–H groups in total. The number of nitrogens with two attached hydrogens (primary N) is 1. The van der Waals surface area contributed by atoms with E-state index in [1.165, 1.54) is 5.56 Å². The molecule has 0 atom stereocenters. The summed E-state index contributed by atoms with van der Waals surface area (Å²) in [7, 11) is 0. The number of hydrogen-bond acceptors (Lipinski definition) is 5. The van der Waals surface area contributed by atoms with Crippen LogP contribution >= 0.6 is 0 Å². The van der Waals surface area contributed by atoms with Crippen molar-refractivity contribution in [3.63, 3.8) is 0 Å². The Morgan fingerprint density at radius 2 is 2.00 bits per heavy atom. The number of guanidine groups is 2. The average molecular weight is 351 g/mol. The Kier molecular flexibility index (Phi) is 6.03. The summed E-state index contributed by atoms with van der Waals surface area (Å²) in [5, 5.41) is 9.46. The number of benzene rings is 1. The van der Waals surface area contributed by atoms with Crippen LogP contribution < -0.4 is 21.7 Å². The van der Waals surface area contributed by atoms with Crippen LogP contribution in [0, 0.1) is 0 Å². The van der Waals surface area contributed by atoms with Crippen LogP contribution in [0.3, 0.4) is 0 Å². The van der Waals surface area contributed by atoms with E-state index in [0.29, 0.717) is 18.3 Å². The molecule has 1 aromatic heterocycles. The Balaban J connectivity index is 1.55. The molecule has 0 aliphatic carbocycles. The number of pyridine rings is 1. The zero-order valence-corrected chi connectivity index (χ0v) is 15.0. The van der Waals surface area contributed by atoms with Gasteiger partial charge in [0.25, 0.3) is 0 Å². The van der Waals surface area contributed by atoms with Gasteiger partial charge in [0.15, 0.2) is 11.9 Å². The van der Waals surface area contributed by atoms with Crippen molar-refractivity contribution in [1.29, 1.82) is 0 Å². The molecule has 0 unspecified atom stereocenters. The van der Waals surface area contributed by atoms with E-state index in [1.54, 1.807) is 0 Å². The van der Waals surface area contributed by atoms with Crippen LogP contribution in [0.5, 0.6) is 0 Å². The van der Waals surface area contributed by atoms with Gasteiger partial charge in [0.2, 0.25) is 0 Å². The van der Waals surface area contributed by atoms with Crippen LogP contribution in [0.15, 0.2) is 52.6 Å². The molecule has 0 saturated carbocycles. The normalized spacial score (nSPS) is 13.9. The number of nitrogens with one attached hydrogen (secondary N) is 3. The number of aromatic nitrogens is 1. The quantitative estimate of drug-likeness (QED) is 0.472. The Labute approximate surface area is 153 Å². The molecule has 2 aromatic rings. The van der Waals surface area contributed by atoms with Gasteiger partial charge in [-0.15, -0.1) is 0 Å². The number of anilines is 2. The zero-order valence-electron chi connectivity index (χ0n) is 15.0. The Morgan fingerprint density at radius 3 is 2.65 bits per heavy atom. The van der Waals surface area contributed by atoms with E-state index in [1.807, 2.05) is 18.3 Å². The maximum Gasteiger partial charge on any atom is 0.195 e. The highest BCUT2D eigenvalue weighted by Crippen LogP contribution is 2.14. The van der Waals surface area contributed by atoms with Crippen molar-refractivity contribution in [2.75, 3.05) is 30.3 Å². The lowest BCUT2D eigenvalue weighted by atomic mass is 10.1. The van der Waals surface area contributed by atoms with Crippen LogP contribution in [-0.4, -0.2) is 36.5 Å². The molecular formula is C19H25N7. The Hall–Kier alpha value is -3.09. The Bertz CT molecular complexity index is 763. The number of nitrogens with zero attached hydrogens (tertiary/aromatic N) is 3. The minimum atomic E-state index is 0.400. The van der Waals surface area contributed by atoms with E-state index in [2.05, 4.69) is 62.1 Å². The highest BCUT2D eigenvalue weighted by atomic mass is 15.2. The SMILES string of the molecule is CCCN=C(N)Nc1ccc(Cc2ccc(NC3=NCCN3)cc2)cn1.